The van der Waals surface area contributed by atoms with E-state index in [0.29, 0.717) is 5.90 Å². The molecule has 0 bridgehead atoms. The topological polar surface area (TPSA) is 45.1 Å². The molecule has 0 aromatic heterocycles. The molecule has 1 rings (SSSR count). The summed E-state index contributed by atoms with van der Waals surface area (Å²) in [5, 5.41) is 6.38. The van der Waals surface area contributed by atoms with Crippen molar-refractivity contribution in [2.75, 3.05) is 20.6 Å². The van der Waals surface area contributed by atoms with Crippen molar-refractivity contribution >= 4 is 12.0 Å². The monoisotopic (exact) mass is 241 g/mol. The van der Waals surface area contributed by atoms with Gasteiger partial charge in [-0.15, -0.1) is 5.10 Å². The standard InChI is InChI=1S/C12H23N3O2/c1-11(2,3)15-8-12(4,5)9(13-15)17-10(16)14(6)7/h8H2,1-7H3. The van der Waals surface area contributed by atoms with Gasteiger partial charge in [-0.05, 0) is 34.6 Å². The summed E-state index contributed by atoms with van der Waals surface area (Å²) >= 11 is 0. The second-order valence-corrected chi connectivity index (χ2v) is 6.28. The van der Waals surface area contributed by atoms with Crippen LogP contribution in [-0.4, -0.2) is 48.1 Å². The van der Waals surface area contributed by atoms with Crippen LogP contribution in [0.25, 0.3) is 0 Å². The molecule has 0 radical (unpaired) electrons. The van der Waals surface area contributed by atoms with Crippen molar-refractivity contribution in [3.05, 3.63) is 0 Å². The maximum absolute atomic E-state index is 11.5. The van der Waals surface area contributed by atoms with Crippen LogP contribution in [0.1, 0.15) is 34.6 Å². The Morgan fingerprint density at radius 1 is 1.41 bits per heavy atom. The smallest absolute Gasteiger partial charge is 0.393 e. The normalized spacial score (nSPS) is 19.0. The number of rotatable bonds is 0. The van der Waals surface area contributed by atoms with Gasteiger partial charge in [0.2, 0.25) is 5.90 Å². The molecule has 0 spiro atoms. The van der Waals surface area contributed by atoms with Gasteiger partial charge in [-0.1, -0.05) is 0 Å². The molecule has 17 heavy (non-hydrogen) atoms. The van der Waals surface area contributed by atoms with Crippen LogP contribution < -0.4 is 0 Å². The fourth-order valence-electron chi connectivity index (χ4n) is 1.44. The molecule has 0 fully saturated rings. The summed E-state index contributed by atoms with van der Waals surface area (Å²) in [6.45, 7) is 11.1. The summed E-state index contributed by atoms with van der Waals surface area (Å²) < 4.78 is 5.31. The predicted molar refractivity (Wildman–Crippen MR) is 67.8 cm³/mol. The largest absolute Gasteiger partial charge is 0.415 e. The minimum Gasteiger partial charge on any atom is -0.393 e. The molecule has 5 heteroatoms. The van der Waals surface area contributed by atoms with E-state index in [2.05, 4.69) is 25.9 Å². The van der Waals surface area contributed by atoms with Crippen LogP contribution in [0.5, 0.6) is 0 Å². The van der Waals surface area contributed by atoms with E-state index in [0.717, 1.165) is 6.54 Å². The van der Waals surface area contributed by atoms with Gasteiger partial charge in [0.05, 0.1) is 12.0 Å². The Labute approximate surface area is 103 Å². The molecular weight excluding hydrogens is 218 g/mol. The molecule has 98 valence electrons. The second kappa shape index (κ2) is 4.20. The summed E-state index contributed by atoms with van der Waals surface area (Å²) in [7, 11) is 3.32. The van der Waals surface area contributed by atoms with Gasteiger partial charge in [0, 0.05) is 19.6 Å². The van der Waals surface area contributed by atoms with Crippen molar-refractivity contribution in [3.8, 4) is 0 Å². The van der Waals surface area contributed by atoms with E-state index in [1.807, 2.05) is 18.9 Å². The van der Waals surface area contributed by atoms with Crippen molar-refractivity contribution in [1.82, 2.24) is 9.91 Å². The highest BCUT2D eigenvalue weighted by molar-refractivity contribution is 5.92. The Morgan fingerprint density at radius 3 is 2.29 bits per heavy atom. The number of amides is 1. The second-order valence-electron chi connectivity index (χ2n) is 6.28. The van der Waals surface area contributed by atoms with Crippen molar-refractivity contribution in [2.45, 2.75) is 40.2 Å². The van der Waals surface area contributed by atoms with Crippen LogP contribution in [-0.2, 0) is 4.74 Å². The van der Waals surface area contributed by atoms with E-state index in [4.69, 9.17) is 4.74 Å². The van der Waals surface area contributed by atoms with E-state index in [-0.39, 0.29) is 17.0 Å². The molecule has 0 aliphatic carbocycles. The molecule has 0 aromatic carbocycles. The Morgan fingerprint density at radius 2 is 1.94 bits per heavy atom. The van der Waals surface area contributed by atoms with E-state index in [1.54, 1.807) is 14.1 Å². The summed E-state index contributed by atoms with van der Waals surface area (Å²) in [6, 6.07) is 0. The molecule has 1 aliphatic rings. The van der Waals surface area contributed by atoms with Crippen LogP contribution in [0.4, 0.5) is 4.79 Å². The molecule has 0 unspecified atom stereocenters. The third-order valence-corrected chi connectivity index (χ3v) is 2.66. The number of ether oxygens (including phenoxy) is 1. The molecule has 1 heterocycles. The number of nitrogens with zero attached hydrogens (tertiary/aromatic N) is 3. The Bertz CT molecular complexity index is 340. The molecular formula is C12H23N3O2. The highest BCUT2D eigenvalue weighted by Gasteiger charge is 2.41. The van der Waals surface area contributed by atoms with E-state index < -0.39 is 0 Å². The number of hydrogen-bond donors (Lipinski definition) is 0. The maximum Gasteiger partial charge on any atom is 0.415 e. The molecule has 0 atom stereocenters. The zero-order valence-electron chi connectivity index (χ0n) is 11.9. The zero-order chi connectivity index (χ0) is 13.4. The van der Waals surface area contributed by atoms with Gasteiger partial charge in [0.1, 0.15) is 0 Å². The number of carbonyl (C=O) groups excluding carboxylic acids is 1. The third-order valence-electron chi connectivity index (χ3n) is 2.66. The van der Waals surface area contributed by atoms with Gasteiger partial charge < -0.3 is 9.64 Å². The predicted octanol–water partition coefficient (Wildman–Crippen LogP) is 2.14. The summed E-state index contributed by atoms with van der Waals surface area (Å²) in [5.41, 5.74) is -0.303. The van der Waals surface area contributed by atoms with Gasteiger partial charge in [0.25, 0.3) is 0 Å². The van der Waals surface area contributed by atoms with Gasteiger partial charge in [0.15, 0.2) is 0 Å². The van der Waals surface area contributed by atoms with E-state index in [9.17, 15) is 4.79 Å². The first-order valence-corrected chi connectivity index (χ1v) is 5.80. The van der Waals surface area contributed by atoms with Crippen LogP contribution in [0.15, 0.2) is 5.10 Å². The number of hydrazone groups is 1. The fourth-order valence-corrected chi connectivity index (χ4v) is 1.44. The molecule has 0 N–H and O–H groups in total. The van der Waals surface area contributed by atoms with Crippen molar-refractivity contribution in [1.29, 1.82) is 0 Å². The third kappa shape index (κ3) is 3.11. The highest BCUT2D eigenvalue weighted by atomic mass is 16.6. The fraction of sp³-hybridized carbons (Fsp3) is 0.833. The molecule has 5 nitrogen and oxygen atoms in total. The van der Waals surface area contributed by atoms with Crippen LogP contribution in [0.3, 0.4) is 0 Å². The molecule has 1 aliphatic heterocycles. The van der Waals surface area contributed by atoms with E-state index >= 15 is 0 Å². The molecule has 0 aromatic rings. The zero-order valence-corrected chi connectivity index (χ0v) is 11.9. The van der Waals surface area contributed by atoms with E-state index in [1.165, 1.54) is 4.90 Å². The summed E-state index contributed by atoms with van der Waals surface area (Å²) in [6.07, 6.45) is -0.382. The lowest BCUT2D eigenvalue weighted by atomic mass is 9.93. The molecule has 0 saturated heterocycles. The lowest BCUT2D eigenvalue weighted by molar-refractivity contribution is 0.134. The van der Waals surface area contributed by atoms with Crippen molar-refractivity contribution in [2.24, 2.45) is 10.5 Å². The van der Waals surface area contributed by atoms with Crippen LogP contribution in [0.2, 0.25) is 0 Å². The summed E-state index contributed by atoms with van der Waals surface area (Å²) in [5.74, 6) is 0.492. The quantitative estimate of drug-likeness (QED) is 0.652. The first-order valence-electron chi connectivity index (χ1n) is 5.80. The van der Waals surface area contributed by atoms with Gasteiger partial charge in [-0.3, -0.25) is 5.01 Å². The average Bonchev–Trinajstić information content (AvgIpc) is 2.41. The first kappa shape index (κ1) is 13.8. The average molecular weight is 241 g/mol. The molecule has 1 amide bonds. The van der Waals surface area contributed by atoms with Gasteiger partial charge in [-0.2, -0.15) is 0 Å². The SMILES string of the molecule is CN(C)C(=O)OC1=NN(C(C)(C)C)CC1(C)C. The van der Waals surface area contributed by atoms with Crippen molar-refractivity contribution < 1.29 is 9.53 Å². The Balaban J connectivity index is 2.86. The Kier molecular flexibility index (Phi) is 3.41. The number of carbonyl (C=O) groups is 1. The minimum absolute atomic E-state index is 0.0659. The lowest BCUT2D eigenvalue weighted by Crippen LogP contribution is -2.39. The molecule has 0 saturated carbocycles. The van der Waals surface area contributed by atoms with Crippen molar-refractivity contribution in [3.63, 3.8) is 0 Å². The van der Waals surface area contributed by atoms with Crippen LogP contribution in [0, 0.1) is 5.41 Å². The van der Waals surface area contributed by atoms with Crippen LogP contribution >= 0.6 is 0 Å². The Hall–Kier alpha value is -1.26. The highest BCUT2D eigenvalue weighted by Crippen LogP contribution is 2.31. The summed E-state index contributed by atoms with van der Waals surface area (Å²) in [4.78, 5) is 12.9. The maximum atomic E-state index is 11.5. The number of hydrogen-bond acceptors (Lipinski definition) is 4. The minimum atomic E-state index is -0.382. The first-order chi connectivity index (χ1) is 7.54. The van der Waals surface area contributed by atoms with Gasteiger partial charge >= 0.3 is 6.09 Å². The lowest BCUT2D eigenvalue weighted by Gasteiger charge is -2.31. The van der Waals surface area contributed by atoms with Gasteiger partial charge in [-0.25, -0.2) is 4.79 Å².